The molecule has 2 rings (SSSR count). The van der Waals surface area contributed by atoms with Crippen molar-refractivity contribution in [2.45, 2.75) is 12.5 Å². The van der Waals surface area contributed by atoms with Crippen LogP contribution in [0, 0.1) is 0 Å². The maximum absolute atomic E-state index is 12.2. The Hall–Kier alpha value is -1.85. The fourth-order valence-electron chi connectivity index (χ4n) is 2.01. The number of amides is 1. The van der Waals surface area contributed by atoms with Crippen LogP contribution in [0.25, 0.3) is 0 Å². The number of aliphatic hydroxyl groups is 1. The smallest absolute Gasteiger partial charge is 0.255 e. The molecule has 2 aromatic rings. The predicted molar refractivity (Wildman–Crippen MR) is 84.3 cm³/mol. The first-order valence-corrected chi connectivity index (χ1v) is 7.33. The van der Waals surface area contributed by atoms with Crippen LogP contribution in [-0.4, -0.2) is 28.8 Å². The number of nitrogens with one attached hydrogen (secondary N) is 1. The molecule has 4 nitrogen and oxygen atoms in total. The van der Waals surface area contributed by atoms with E-state index in [1.807, 2.05) is 30.3 Å². The van der Waals surface area contributed by atoms with E-state index in [9.17, 15) is 15.0 Å². The summed E-state index contributed by atoms with van der Waals surface area (Å²) in [5.74, 6) is -0.504. The van der Waals surface area contributed by atoms with Crippen LogP contribution in [0.15, 0.2) is 53.0 Å². The molecule has 0 fully saturated rings. The number of rotatable bonds is 5. The molecule has 0 aliphatic carbocycles. The average Bonchev–Trinajstić information content (AvgIpc) is 2.50. The van der Waals surface area contributed by atoms with E-state index in [1.165, 1.54) is 6.07 Å². The molecular weight excluding hydrogens is 334 g/mol. The number of carbonyl (C=O) groups is 1. The van der Waals surface area contributed by atoms with Gasteiger partial charge in [0.1, 0.15) is 5.75 Å². The van der Waals surface area contributed by atoms with Gasteiger partial charge >= 0.3 is 0 Å². The van der Waals surface area contributed by atoms with Gasteiger partial charge in [0.15, 0.2) is 0 Å². The zero-order chi connectivity index (χ0) is 15.2. The summed E-state index contributed by atoms with van der Waals surface area (Å²) in [6.07, 6.45) is 0.526. The lowest BCUT2D eigenvalue weighted by Gasteiger charge is -2.17. The highest BCUT2D eigenvalue weighted by Crippen LogP contribution is 2.21. The zero-order valence-corrected chi connectivity index (χ0v) is 12.9. The highest BCUT2D eigenvalue weighted by molar-refractivity contribution is 9.10. The molecule has 0 aliphatic heterocycles. The quantitative estimate of drug-likeness (QED) is 0.776. The van der Waals surface area contributed by atoms with Gasteiger partial charge in [-0.1, -0.05) is 46.3 Å². The predicted octanol–water partition coefficient (Wildman–Crippen LogP) is 2.49. The minimum Gasteiger partial charge on any atom is -0.507 e. The lowest BCUT2D eigenvalue weighted by Crippen LogP contribution is -2.39. The van der Waals surface area contributed by atoms with Gasteiger partial charge in [0.05, 0.1) is 18.2 Å². The number of benzene rings is 2. The van der Waals surface area contributed by atoms with E-state index < -0.39 is 11.9 Å². The van der Waals surface area contributed by atoms with Gasteiger partial charge in [-0.3, -0.25) is 4.79 Å². The molecule has 110 valence electrons. The second kappa shape index (κ2) is 7.24. The van der Waals surface area contributed by atoms with E-state index in [-0.39, 0.29) is 17.9 Å². The Balaban J connectivity index is 2.07. The van der Waals surface area contributed by atoms with Gasteiger partial charge in [0.2, 0.25) is 0 Å². The minimum atomic E-state index is -0.413. The Labute approximate surface area is 131 Å². The largest absolute Gasteiger partial charge is 0.507 e. The molecule has 5 heteroatoms. The van der Waals surface area contributed by atoms with Crippen molar-refractivity contribution in [2.24, 2.45) is 0 Å². The Kier molecular flexibility index (Phi) is 5.36. The molecule has 0 bridgehead atoms. The molecule has 0 radical (unpaired) electrons. The van der Waals surface area contributed by atoms with E-state index in [0.29, 0.717) is 10.9 Å². The molecule has 0 aromatic heterocycles. The van der Waals surface area contributed by atoms with Gasteiger partial charge in [-0.15, -0.1) is 0 Å². The van der Waals surface area contributed by atoms with Gasteiger partial charge in [0, 0.05) is 4.47 Å². The number of carbonyl (C=O) groups excluding carboxylic acids is 1. The third kappa shape index (κ3) is 4.31. The van der Waals surface area contributed by atoms with Gasteiger partial charge in [-0.25, -0.2) is 0 Å². The van der Waals surface area contributed by atoms with Crippen molar-refractivity contribution < 1.29 is 15.0 Å². The molecule has 0 saturated carbocycles. The molecule has 1 amide bonds. The fourth-order valence-corrected chi connectivity index (χ4v) is 2.37. The Morgan fingerprint density at radius 3 is 2.57 bits per heavy atom. The third-order valence-electron chi connectivity index (χ3n) is 3.08. The van der Waals surface area contributed by atoms with Gasteiger partial charge in [-0.05, 0) is 30.2 Å². The topological polar surface area (TPSA) is 69.6 Å². The lowest BCUT2D eigenvalue weighted by molar-refractivity contribution is 0.0913. The normalized spacial score (nSPS) is 11.9. The van der Waals surface area contributed by atoms with E-state index in [0.717, 1.165) is 5.56 Å². The van der Waals surface area contributed by atoms with Gasteiger partial charge in [-0.2, -0.15) is 0 Å². The summed E-state index contributed by atoms with van der Waals surface area (Å²) in [6, 6.07) is 13.8. The monoisotopic (exact) mass is 349 g/mol. The molecule has 21 heavy (non-hydrogen) atoms. The van der Waals surface area contributed by atoms with Gasteiger partial charge < -0.3 is 15.5 Å². The summed E-state index contributed by atoms with van der Waals surface area (Å²) in [7, 11) is 0. The maximum atomic E-state index is 12.2. The lowest BCUT2D eigenvalue weighted by atomic mass is 10.1. The van der Waals surface area contributed by atoms with Crippen molar-refractivity contribution >= 4 is 21.8 Å². The molecule has 3 N–H and O–H groups in total. The Bertz CT molecular complexity index is 616. The first kappa shape index (κ1) is 15.5. The minimum absolute atomic E-state index is 0.0906. The van der Waals surface area contributed by atoms with Crippen LogP contribution in [0.5, 0.6) is 5.75 Å². The zero-order valence-electron chi connectivity index (χ0n) is 11.3. The fraction of sp³-hybridized carbons (Fsp3) is 0.188. The van der Waals surface area contributed by atoms with E-state index in [4.69, 9.17) is 0 Å². The highest BCUT2D eigenvalue weighted by atomic mass is 79.9. The van der Waals surface area contributed by atoms with E-state index in [2.05, 4.69) is 21.2 Å². The summed E-state index contributed by atoms with van der Waals surface area (Å²) < 4.78 is 0.703. The van der Waals surface area contributed by atoms with E-state index >= 15 is 0 Å². The summed E-state index contributed by atoms with van der Waals surface area (Å²) in [5.41, 5.74) is 1.20. The molecule has 0 heterocycles. The second-order valence-corrected chi connectivity index (χ2v) is 5.62. The maximum Gasteiger partial charge on any atom is 0.255 e. The molecule has 1 atom stereocenters. The third-order valence-corrected chi connectivity index (χ3v) is 3.58. The summed E-state index contributed by atoms with van der Waals surface area (Å²) in [5, 5.41) is 21.9. The van der Waals surface area contributed by atoms with E-state index in [1.54, 1.807) is 12.1 Å². The Morgan fingerprint density at radius 2 is 1.90 bits per heavy atom. The number of phenols is 1. The SMILES string of the molecule is O=C(N[C@H](CO)Cc1ccccc1)c1cc(Br)ccc1O. The van der Waals surface area contributed by atoms with Crippen LogP contribution in [0.2, 0.25) is 0 Å². The van der Waals surface area contributed by atoms with Gasteiger partial charge in [0.25, 0.3) is 5.91 Å². The number of aliphatic hydroxyl groups excluding tert-OH is 1. The summed E-state index contributed by atoms with van der Waals surface area (Å²) in [6.45, 7) is -0.171. The van der Waals surface area contributed by atoms with Crippen molar-refractivity contribution in [3.63, 3.8) is 0 Å². The summed E-state index contributed by atoms with van der Waals surface area (Å²) >= 11 is 3.26. The van der Waals surface area contributed by atoms with Crippen molar-refractivity contribution in [1.82, 2.24) is 5.32 Å². The Morgan fingerprint density at radius 1 is 1.19 bits per heavy atom. The number of hydrogen-bond acceptors (Lipinski definition) is 3. The van der Waals surface area contributed by atoms with Crippen LogP contribution in [0.3, 0.4) is 0 Å². The standard InChI is InChI=1S/C16H16BrNO3/c17-12-6-7-15(20)14(9-12)16(21)18-13(10-19)8-11-4-2-1-3-5-11/h1-7,9,13,19-20H,8,10H2,(H,18,21)/t13-/m0/s1. The number of halogens is 1. The summed E-state index contributed by atoms with van der Waals surface area (Å²) in [4.78, 5) is 12.2. The molecule has 0 spiro atoms. The van der Waals surface area contributed by atoms with Crippen molar-refractivity contribution in [2.75, 3.05) is 6.61 Å². The van der Waals surface area contributed by atoms with Crippen LogP contribution < -0.4 is 5.32 Å². The molecule has 0 saturated heterocycles. The number of aromatic hydroxyl groups is 1. The molecular formula is C16H16BrNO3. The first-order chi connectivity index (χ1) is 10.1. The van der Waals surface area contributed by atoms with Crippen molar-refractivity contribution in [3.8, 4) is 5.75 Å². The second-order valence-electron chi connectivity index (χ2n) is 4.70. The average molecular weight is 350 g/mol. The van der Waals surface area contributed by atoms with Crippen LogP contribution in [0.1, 0.15) is 15.9 Å². The van der Waals surface area contributed by atoms with Crippen LogP contribution in [-0.2, 0) is 6.42 Å². The molecule has 0 unspecified atom stereocenters. The van der Waals surface area contributed by atoms with Crippen molar-refractivity contribution in [1.29, 1.82) is 0 Å². The van der Waals surface area contributed by atoms with Crippen molar-refractivity contribution in [3.05, 3.63) is 64.1 Å². The molecule has 2 aromatic carbocycles. The number of phenolic OH excluding ortho intramolecular Hbond substituents is 1. The number of hydrogen-bond donors (Lipinski definition) is 3. The highest BCUT2D eigenvalue weighted by Gasteiger charge is 2.16. The van der Waals surface area contributed by atoms with Crippen LogP contribution >= 0.6 is 15.9 Å². The first-order valence-electron chi connectivity index (χ1n) is 6.54. The molecule has 0 aliphatic rings. The van der Waals surface area contributed by atoms with Crippen LogP contribution in [0.4, 0.5) is 0 Å².